The molecule has 18 heavy (non-hydrogen) atoms. The summed E-state index contributed by atoms with van der Waals surface area (Å²) in [5, 5.41) is 12.7. The lowest BCUT2D eigenvalue weighted by molar-refractivity contribution is 0.174. The van der Waals surface area contributed by atoms with E-state index in [-0.39, 0.29) is 5.54 Å². The minimum atomic E-state index is -0.323. The molecule has 0 saturated heterocycles. The van der Waals surface area contributed by atoms with Crippen LogP contribution in [0.1, 0.15) is 31.2 Å². The third-order valence-electron chi connectivity index (χ3n) is 3.74. The summed E-state index contributed by atoms with van der Waals surface area (Å²) in [7, 11) is 0. The molecule has 4 heteroatoms. The maximum Gasteiger partial charge on any atom is 0.231 e. The van der Waals surface area contributed by atoms with Gasteiger partial charge in [-0.05, 0) is 30.5 Å². The molecular formula is C14H16N2O2. The molecule has 1 heterocycles. The average Bonchev–Trinajstić information content (AvgIpc) is 3.05. The minimum Gasteiger partial charge on any atom is -0.454 e. The number of nitrogens with zero attached hydrogens (tertiary/aromatic N) is 1. The maximum absolute atomic E-state index is 9.29. The second kappa shape index (κ2) is 4.51. The Kier molecular flexibility index (Phi) is 2.85. The van der Waals surface area contributed by atoms with Crippen LogP contribution in [0.3, 0.4) is 0 Å². The molecule has 1 aromatic rings. The number of benzene rings is 1. The second-order valence-corrected chi connectivity index (χ2v) is 4.94. The lowest BCUT2D eigenvalue weighted by Crippen LogP contribution is -2.40. The zero-order valence-electron chi connectivity index (χ0n) is 10.2. The number of hydrogen-bond acceptors (Lipinski definition) is 4. The van der Waals surface area contributed by atoms with Gasteiger partial charge in [0.1, 0.15) is 5.54 Å². The number of rotatable bonds is 3. The van der Waals surface area contributed by atoms with Crippen LogP contribution in [0.5, 0.6) is 11.5 Å². The summed E-state index contributed by atoms with van der Waals surface area (Å²) in [6, 6.07) is 8.35. The van der Waals surface area contributed by atoms with Gasteiger partial charge in [0.05, 0.1) is 6.07 Å². The molecule has 0 atom stereocenters. The topological polar surface area (TPSA) is 54.3 Å². The Hall–Kier alpha value is -1.73. The standard InChI is InChI=1S/C14H16N2O2/c15-9-14(5-1-2-6-14)16-8-11-3-4-12-13(7-11)18-10-17-12/h3-4,7,16H,1-2,5-6,8,10H2. The lowest BCUT2D eigenvalue weighted by Gasteiger charge is -2.22. The molecule has 1 aliphatic heterocycles. The fraction of sp³-hybridized carbons (Fsp3) is 0.500. The van der Waals surface area contributed by atoms with Gasteiger partial charge in [0.25, 0.3) is 0 Å². The first-order valence-corrected chi connectivity index (χ1v) is 6.36. The Morgan fingerprint density at radius 1 is 1.22 bits per heavy atom. The van der Waals surface area contributed by atoms with Gasteiger partial charge in [-0.15, -0.1) is 0 Å². The van der Waals surface area contributed by atoms with Crippen LogP contribution in [0.2, 0.25) is 0 Å². The quantitative estimate of drug-likeness (QED) is 0.886. The van der Waals surface area contributed by atoms with Crippen molar-refractivity contribution in [1.29, 1.82) is 5.26 Å². The van der Waals surface area contributed by atoms with Crippen LogP contribution < -0.4 is 14.8 Å². The van der Waals surface area contributed by atoms with Crippen LogP contribution in [0.25, 0.3) is 0 Å². The third kappa shape index (κ3) is 2.02. The molecule has 1 aromatic carbocycles. The Balaban J connectivity index is 1.68. The van der Waals surface area contributed by atoms with Crippen LogP contribution in [0.4, 0.5) is 0 Å². The van der Waals surface area contributed by atoms with Crippen molar-refractivity contribution in [3.05, 3.63) is 23.8 Å². The Bertz CT molecular complexity index is 487. The van der Waals surface area contributed by atoms with Crippen LogP contribution in [0, 0.1) is 11.3 Å². The maximum atomic E-state index is 9.29. The molecule has 1 aliphatic carbocycles. The van der Waals surface area contributed by atoms with Crippen LogP contribution in [-0.4, -0.2) is 12.3 Å². The molecule has 0 bridgehead atoms. The molecule has 0 unspecified atom stereocenters. The van der Waals surface area contributed by atoms with E-state index in [2.05, 4.69) is 11.4 Å². The molecule has 0 spiro atoms. The molecule has 3 rings (SSSR count). The van der Waals surface area contributed by atoms with Crippen molar-refractivity contribution in [3.8, 4) is 17.6 Å². The monoisotopic (exact) mass is 244 g/mol. The normalized spacial score (nSPS) is 19.7. The minimum absolute atomic E-state index is 0.300. The summed E-state index contributed by atoms with van der Waals surface area (Å²) in [6.45, 7) is 0.999. The van der Waals surface area contributed by atoms with Gasteiger partial charge in [-0.1, -0.05) is 18.9 Å². The van der Waals surface area contributed by atoms with E-state index in [1.807, 2.05) is 18.2 Å². The van der Waals surface area contributed by atoms with Gasteiger partial charge in [-0.3, -0.25) is 5.32 Å². The molecule has 0 aromatic heterocycles. The number of hydrogen-bond donors (Lipinski definition) is 1. The van der Waals surface area contributed by atoms with Gasteiger partial charge in [-0.25, -0.2) is 0 Å². The second-order valence-electron chi connectivity index (χ2n) is 4.94. The van der Waals surface area contributed by atoms with Gasteiger partial charge in [0.15, 0.2) is 11.5 Å². The predicted molar refractivity (Wildman–Crippen MR) is 66.2 cm³/mol. The largest absolute Gasteiger partial charge is 0.454 e. The smallest absolute Gasteiger partial charge is 0.231 e. The molecule has 1 fully saturated rings. The number of nitrogens with one attached hydrogen (secondary N) is 1. The van der Waals surface area contributed by atoms with Gasteiger partial charge in [-0.2, -0.15) is 5.26 Å². The Morgan fingerprint density at radius 2 is 2.00 bits per heavy atom. The van der Waals surface area contributed by atoms with E-state index in [0.717, 1.165) is 42.7 Å². The highest BCUT2D eigenvalue weighted by atomic mass is 16.7. The molecular weight excluding hydrogens is 228 g/mol. The number of fused-ring (bicyclic) bond motifs is 1. The summed E-state index contributed by atoms with van der Waals surface area (Å²) >= 11 is 0. The lowest BCUT2D eigenvalue weighted by atomic mass is 9.99. The van der Waals surface area contributed by atoms with Gasteiger partial charge in [0.2, 0.25) is 6.79 Å². The van der Waals surface area contributed by atoms with Crippen LogP contribution >= 0.6 is 0 Å². The van der Waals surface area contributed by atoms with E-state index in [1.165, 1.54) is 0 Å². The fourth-order valence-corrected chi connectivity index (χ4v) is 2.63. The van der Waals surface area contributed by atoms with Crippen molar-refractivity contribution in [2.45, 2.75) is 37.8 Å². The van der Waals surface area contributed by atoms with Crippen molar-refractivity contribution in [3.63, 3.8) is 0 Å². The predicted octanol–water partition coefficient (Wildman–Crippen LogP) is 2.34. The SMILES string of the molecule is N#CC1(NCc2ccc3c(c2)OCO3)CCCC1. The summed E-state index contributed by atoms with van der Waals surface area (Å²) in [5.41, 5.74) is 0.803. The Labute approximate surface area is 107 Å². The molecule has 4 nitrogen and oxygen atoms in total. The van der Waals surface area contributed by atoms with E-state index >= 15 is 0 Å². The summed E-state index contributed by atoms with van der Waals surface area (Å²) in [6.07, 6.45) is 4.19. The molecule has 0 radical (unpaired) electrons. The zero-order chi connectivity index (χ0) is 12.4. The Morgan fingerprint density at radius 3 is 2.78 bits per heavy atom. The number of nitriles is 1. The molecule has 2 aliphatic rings. The molecule has 1 N–H and O–H groups in total. The number of ether oxygens (including phenoxy) is 2. The first kappa shape index (κ1) is 11.4. The van der Waals surface area contributed by atoms with Crippen molar-refractivity contribution in [2.24, 2.45) is 0 Å². The van der Waals surface area contributed by atoms with Crippen molar-refractivity contribution >= 4 is 0 Å². The van der Waals surface area contributed by atoms with E-state index in [4.69, 9.17) is 9.47 Å². The molecule has 0 amide bonds. The van der Waals surface area contributed by atoms with Gasteiger partial charge >= 0.3 is 0 Å². The van der Waals surface area contributed by atoms with E-state index in [0.29, 0.717) is 13.3 Å². The highest BCUT2D eigenvalue weighted by Crippen LogP contribution is 2.33. The van der Waals surface area contributed by atoms with Gasteiger partial charge < -0.3 is 9.47 Å². The van der Waals surface area contributed by atoms with Crippen LogP contribution in [-0.2, 0) is 6.54 Å². The average molecular weight is 244 g/mol. The van der Waals surface area contributed by atoms with E-state index in [9.17, 15) is 5.26 Å². The van der Waals surface area contributed by atoms with Crippen molar-refractivity contribution in [1.82, 2.24) is 5.32 Å². The third-order valence-corrected chi connectivity index (χ3v) is 3.74. The summed E-state index contributed by atoms with van der Waals surface area (Å²) < 4.78 is 10.6. The first-order valence-electron chi connectivity index (χ1n) is 6.36. The van der Waals surface area contributed by atoms with E-state index in [1.54, 1.807) is 0 Å². The fourth-order valence-electron chi connectivity index (χ4n) is 2.63. The van der Waals surface area contributed by atoms with E-state index < -0.39 is 0 Å². The summed E-state index contributed by atoms with van der Waals surface area (Å²) in [5.74, 6) is 1.60. The molecule has 1 saturated carbocycles. The first-order chi connectivity index (χ1) is 8.81. The molecule has 94 valence electrons. The highest BCUT2D eigenvalue weighted by Gasteiger charge is 2.33. The van der Waals surface area contributed by atoms with Crippen LogP contribution in [0.15, 0.2) is 18.2 Å². The zero-order valence-corrected chi connectivity index (χ0v) is 10.2. The van der Waals surface area contributed by atoms with Gasteiger partial charge in [0, 0.05) is 6.54 Å². The van der Waals surface area contributed by atoms with Crippen molar-refractivity contribution < 1.29 is 9.47 Å². The summed E-state index contributed by atoms with van der Waals surface area (Å²) in [4.78, 5) is 0. The van der Waals surface area contributed by atoms with Crippen molar-refractivity contribution in [2.75, 3.05) is 6.79 Å². The highest BCUT2D eigenvalue weighted by molar-refractivity contribution is 5.44.